The highest BCUT2D eigenvalue weighted by Gasteiger charge is 2.13. The van der Waals surface area contributed by atoms with Gasteiger partial charge in [-0.25, -0.2) is 0 Å². The molecule has 0 aliphatic carbocycles. The summed E-state index contributed by atoms with van der Waals surface area (Å²) in [5.74, 6) is 0.634. The number of anilines is 1. The van der Waals surface area contributed by atoms with E-state index in [1.54, 1.807) is 0 Å². The highest BCUT2D eigenvalue weighted by Crippen LogP contribution is 2.24. The third-order valence-corrected chi connectivity index (χ3v) is 3.37. The number of H-pyrrole nitrogens is 1. The van der Waals surface area contributed by atoms with Crippen LogP contribution in [-0.2, 0) is 0 Å². The Morgan fingerprint density at radius 3 is 2.55 bits per heavy atom. The van der Waals surface area contributed by atoms with Crippen LogP contribution in [0.25, 0.3) is 11.3 Å². The predicted molar refractivity (Wildman–Crippen MR) is 80.2 cm³/mol. The average molecular weight is 264 g/mol. The molecule has 3 N–H and O–H groups in total. The number of hydrogen-bond acceptors (Lipinski definition) is 3. The molecule has 3 aromatic rings. The van der Waals surface area contributed by atoms with Gasteiger partial charge in [0.15, 0.2) is 0 Å². The van der Waals surface area contributed by atoms with Crippen molar-refractivity contribution >= 4 is 5.82 Å². The fourth-order valence-electron chi connectivity index (χ4n) is 2.20. The van der Waals surface area contributed by atoms with Crippen LogP contribution in [-0.4, -0.2) is 15.2 Å². The van der Waals surface area contributed by atoms with E-state index in [0.717, 1.165) is 22.6 Å². The van der Waals surface area contributed by atoms with E-state index in [1.807, 2.05) is 42.5 Å². The van der Waals surface area contributed by atoms with Gasteiger partial charge in [0.25, 0.3) is 0 Å². The van der Waals surface area contributed by atoms with Gasteiger partial charge in [-0.2, -0.15) is 5.10 Å². The molecule has 0 amide bonds. The Labute approximate surface area is 117 Å². The summed E-state index contributed by atoms with van der Waals surface area (Å²) < 4.78 is 0. The number of nitrogens with two attached hydrogens (primary N) is 1. The monoisotopic (exact) mass is 264 g/mol. The highest BCUT2D eigenvalue weighted by atomic mass is 15.2. The first kappa shape index (κ1) is 12.4. The summed E-state index contributed by atoms with van der Waals surface area (Å²) >= 11 is 0. The first-order valence-corrected chi connectivity index (χ1v) is 6.57. The van der Waals surface area contributed by atoms with Crippen LogP contribution in [0.1, 0.15) is 24.2 Å². The fourth-order valence-corrected chi connectivity index (χ4v) is 2.20. The molecule has 0 saturated heterocycles. The van der Waals surface area contributed by atoms with Gasteiger partial charge >= 0.3 is 0 Å². The molecule has 1 aromatic carbocycles. The molecular formula is C16H16N4. The summed E-state index contributed by atoms with van der Waals surface area (Å²) in [6.45, 7) is 2.09. The lowest BCUT2D eigenvalue weighted by atomic mass is 10.0. The number of hydrogen-bond donors (Lipinski definition) is 2. The number of nitrogens with zero attached hydrogens (tertiary/aromatic N) is 2. The van der Waals surface area contributed by atoms with Gasteiger partial charge in [0.2, 0.25) is 0 Å². The van der Waals surface area contributed by atoms with E-state index in [4.69, 9.17) is 10.7 Å². The molecule has 0 spiro atoms. The van der Waals surface area contributed by atoms with E-state index in [-0.39, 0.29) is 5.92 Å². The zero-order valence-electron chi connectivity index (χ0n) is 11.2. The molecule has 20 heavy (non-hydrogen) atoms. The van der Waals surface area contributed by atoms with Crippen LogP contribution < -0.4 is 5.73 Å². The minimum atomic E-state index is 0.128. The van der Waals surface area contributed by atoms with Crippen LogP contribution >= 0.6 is 0 Å². The second kappa shape index (κ2) is 5.17. The molecule has 0 radical (unpaired) electrons. The van der Waals surface area contributed by atoms with Gasteiger partial charge in [-0.05, 0) is 12.1 Å². The van der Waals surface area contributed by atoms with E-state index in [0.29, 0.717) is 5.82 Å². The zero-order valence-corrected chi connectivity index (χ0v) is 11.2. The lowest BCUT2D eigenvalue weighted by molar-refractivity contribution is 0.822. The van der Waals surface area contributed by atoms with Crippen LogP contribution in [0.15, 0.2) is 54.6 Å². The smallest absolute Gasteiger partial charge is 0.145 e. The van der Waals surface area contributed by atoms with Crippen LogP contribution in [0, 0.1) is 0 Å². The van der Waals surface area contributed by atoms with Crippen molar-refractivity contribution in [2.45, 2.75) is 12.8 Å². The molecule has 1 unspecified atom stereocenters. The molecule has 2 heterocycles. The second-order valence-corrected chi connectivity index (χ2v) is 4.78. The van der Waals surface area contributed by atoms with Gasteiger partial charge in [0.1, 0.15) is 5.82 Å². The van der Waals surface area contributed by atoms with Crippen molar-refractivity contribution in [3.63, 3.8) is 0 Å². The minimum Gasteiger partial charge on any atom is -0.382 e. The molecule has 1 atom stereocenters. The SMILES string of the molecule is CC(c1cccc(-c2ccccc2)n1)c1cc(N)n[nH]1. The minimum absolute atomic E-state index is 0.128. The molecule has 0 fully saturated rings. The zero-order chi connectivity index (χ0) is 13.9. The van der Waals surface area contributed by atoms with Crippen molar-refractivity contribution in [2.24, 2.45) is 0 Å². The van der Waals surface area contributed by atoms with E-state index in [9.17, 15) is 0 Å². The summed E-state index contributed by atoms with van der Waals surface area (Å²) in [6.07, 6.45) is 0. The molecule has 0 aliphatic heterocycles. The Bertz CT molecular complexity index is 703. The summed E-state index contributed by atoms with van der Waals surface area (Å²) in [5.41, 5.74) is 9.71. The van der Waals surface area contributed by atoms with E-state index < -0.39 is 0 Å². The van der Waals surface area contributed by atoms with Gasteiger partial charge in [0.05, 0.1) is 5.69 Å². The molecule has 0 saturated carbocycles. The van der Waals surface area contributed by atoms with Crippen LogP contribution in [0.3, 0.4) is 0 Å². The molecule has 100 valence electrons. The number of aromatic nitrogens is 3. The molecule has 4 nitrogen and oxygen atoms in total. The van der Waals surface area contributed by atoms with Gasteiger partial charge in [-0.1, -0.05) is 43.3 Å². The first-order valence-electron chi connectivity index (χ1n) is 6.57. The first-order chi connectivity index (χ1) is 9.74. The van der Waals surface area contributed by atoms with Crippen molar-refractivity contribution in [1.29, 1.82) is 0 Å². The van der Waals surface area contributed by atoms with Crippen molar-refractivity contribution < 1.29 is 0 Å². The molecule has 4 heteroatoms. The lowest BCUT2D eigenvalue weighted by Crippen LogP contribution is -2.00. The van der Waals surface area contributed by atoms with Crippen LogP contribution in [0.5, 0.6) is 0 Å². The Morgan fingerprint density at radius 1 is 1.05 bits per heavy atom. The Balaban J connectivity index is 1.95. The number of pyridine rings is 1. The maximum absolute atomic E-state index is 5.65. The van der Waals surface area contributed by atoms with Crippen molar-refractivity contribution in [1.82, 2.24) is 15.2 Å². The van der Waals surface area contributed by atoms with Crippen molar-refractivity contribution in [2.75, 3.05) is 5.73 Å². The topological polar surface area (TPSA) is 67.6 Å². The lowest BCUT2D eigenvalue weighted by Gasteiger charge is -2.10. The molecule has 2 aromatic heterocycles. The maximum Gasteiger partial charge on any atom is 0.145 e. The number of nitrogens with one attached hydrogen (secondary N) is 1. The van der Waals surface area contributed by atoms with E-state index in [1.165, 1.54) is 0 Å². The van der Waals surface area contributed by atoms with E-state index >= 15 is 0 Å². The number of benzene rings is 1. The third-order valence-electron chi connectivity index (χ3n) is 3.37. The molecule has 3 rings (SSSR count). The number of nitrogen functional groups attached to an aromatic ring is 1. The molecular weight excluding hydrogens is 248 g/mol. The number of rotatable bonds is 3. The second-order valence-electron chi connectivity index (χ2n) is 4.78. The summed E-state index contributed by atoms with van der Waals surface area (Å²) in [5, 5.41) is 6.92. The summed E-state index contributed by atoms with van der Waals surface area (Å²) in [7, 11) is 0. The third kappa shape index (κ3) is 2.40. The Kier molecular flexibility index (Phi) is 3.21. The molecule has 0 bridgehead atoms. The number of aromatic amines is 1. The van der Waals surface area contributed by atoms with Crippen LogP contribution in [0.2, 0.25) is 0 Å². The summed E-state index contributed by atoms with van der Waals surface area (Å²) in [4.78, 5) is 4.74. The van der Waals surface area contributed by atoms with Crippen molar-refractivity contribution in [3.8, 4) is 11.3 Å². The Morgan fingerprint density at radius 2 is 1.85 bits per heavy atom. The van der Waals surface area contributed by atoms with Gasteiger partial charge in [-0.15, -0.1) is 0 Å². The highest BCUT2D eigenvalue weighted by molar-refractivity contribution is 5.59. The summed E-state index contributed by atoms with van der Waals surface area (Å²) in [6, 6.07) is 18.1. The van der Waals surface area contributed by atoms with Crippen molar-refractivity contribution in [3.05, 3.63) is 66.0 Å². The van der Waals surface area contributed by atoms with Gasteiger partial charge in [0, 0.05) is 28.9 Å². The fraction of sp³-hybridized carbons (Fsp3) is 0.125. The Hall–Kier alpha value is -2.62. The van der Waals surface area contributed by atoms with Gasteiger partial charge < -0.3 is 5.73 Å². The quantitative estimate of drug-likeness (QED) is 0.763. The van der Waals surface area contributed by atoms with Crippen LogP contribution in [0.4, 0.5) is 5.82 Å². The maximum atomic E-state index is 5.65. The van der Waals surface area contributed by atoms with E-state index in [2.05, 4.69) is 29.3 Å². The molecule has 0 aliphatic rings. The average Bonchev–Trinajstić information content (AvgIpc) is 2.94. The standard InChI is InChI=1S/C16H16N4/c1-11(15-10-16(17)20-19-15)13-8-5-9-14(18-13)12-6-3-2-4-7-12/h2-11H,1H3,(H3,17,19,20). The predicted octanol–water partition coefficient (Wildman–Crippen LogP) is 3.21. The largest absolute Gasteiger partial charge is 0.382 e. The normalized spacial score (nSPS) is 12.2. The van der Waals surface area contributed by atoms with Gasteiger partial charge in [-0.3, -0.25) is 10.1 Å².